The number of hydrogen-bond donors (Lipinski definition) is 3. The Bertz CT molecular complexity index is 373. The zero-order chi connectivity index (χ0) is 12.8. The lowest BCUT2D eigenvalue weighted by atomic mass is 10.3. The summed E-state index contributed by atoms with van der Waals surface area (Å²) in [5.74, 6) is -0.0378. The maximum absolute atomic E-state index is 11.8. The Labute approximate surface area is 105 Å². The number of amidine groups is 1. The molecule has 0 aromatic rings. The maximum Gasteiger partial charge on any atom is 0.236 e. The topological polar surface area (TPSA) is 109 Å². The Hall–Kier alpha value is -1.50. The van der Waals surface area contributed by atoms with Crippen molar-refractivity contribution in [1.82, 2.24) is 4.90 Å². The number of hydrogen-bond acceptors (Lipinski definition) is 3. The number of carbonyl (C=O) groups is 1. The first-order valence-electron chi connectivity index (χ1n) is 5.27. The minimum absolute atomic E-state index is 0.0429. The van der Waals surface area contributed by atoms with Gasteiger partial charge in [-0.25, -0.2) is 0 Å². The molecule has 5 N–H and O–H groups in total. The van der Waals surface area contributed by atoms with Crippen LogP contribution in [-0.2, 0) is 4.79 Å². The Balaban J connectivity index is 2.39. The maximum atomic E-state index is 11.8. The van der Waals surface area contributed by atoms with Crippen molar-refractivity contribution >= 4 is 28.8 Å². The van der Waals surface area contributed by atoms with E-state index in [4.69, 9.17) is 16.9 Å². The summed E-state index contributed by atoms with van der Waals surface area (Å²) < 4.78 is 0. The Morgan fingerprint density at radius 1 is 1.65 bits per heavy atom. The highest BCUT2D eigenvalue weighted by Gasteiger charge is 2.16. The first-order valence-corrected chi connectivity index (χ1v) is 6.26. The van der Waals surface area contributed by atoms with E-state index in [0.717, 1.165) is 36.7 Å². The molecular weight excluding hydrogens is 238 g/mol. The van der Waals surface area contributed by atoms with Crippen LogP contribution in [0.2, 0.25) is 0 Å². The number of guanidine groups is 1. The molecule has 1 rings (SSSR count). The van der Waals surface area contributed by atoms with Gasteiger partial charge in [-0.05, 0) is 19.3 Å². The predicted molar refractivity (Wildman–Crippen MR) is 70.7 cm³/mol. The SMILES string of the molecule is CN(C(=O)CSC(=N)N=C(N)N)C1=CCCC1. The molecule has 0 spiro atoms. The van der Waals surface area contributed by atoms with Crippen LogP contribution in [0.5, 0.6) is 0 Å². The van der Waals surface area contributed by atoms with E-state index >= 15 is 0 Å². The van der Waals surface area contributed by atoms with E-state index in [1.54, 1.807) is 11.9 Å². The lowest BCUT2D eigenvalue weighted by molar-refractivity contribution is -0.125. The first-order chi connectivity index (χ1) is 8.00. The number of thioether (sulfide) groups is 1. The Kier molecular flexibility index (Phi) is 5.02. The quantitative estimate of drug-likeness (QED) is 0.502. The van der Waals surface area contributed by atoms with Gasteiger partial charge in [0.15, 0.2) is 11.1 Å². The smallest absolute Gasteiger partial charge is 0.236 e. The van der Waals surface area contributed by atoms with Gasteiger partial charge < -0.3 is 16.4 Å². The molecule has 7 heteroatoms. The molecule has 0 saturated carbocycles. The average Bonchev–Trinajstić information content (AvgIpc) is 2.77. The fraction of sp³-hybridized carbons (Fsp3) is 0.500. The van der Waals surface area contributed by atoms with Gasteiger partial charge in [0.2, 0.25) is 5.91 Å². The second kappa shape index (κ2) is 6.29. The number of amides is 1. The van der Waals surface area contributed by atoms with Crippen molar-refractivity contribution in [3.8, 4) is 0 Å². The minimum Gasteiger partial charge on any atom is -0.370 e. The van der Waals surface area contributed by atoms with E-state index in [1.807, 2.05) is 0 Å². The van der Waals surface area contributed by atoms with E-state index in [0.29, 0.717) is 0 Å². The lowest BCUT2D eigenvalue weighted by Gasteiger charge is -2.17. The molecule has 17 heavy (non-hydrogen) atoms. The molecule has 0 unspecified atom stereocenters. The second-order valence-electron chi connectivity index (χ2n) is 3.67. The van der Waals surface area contributed by atoms with E-state index in [-0.39, 0.29) is 22.8 Å². The summed E-state index contributed by atoms with van der Waals surface area (Å²) in [6, 6.07) is 0. The molecule has 1 aliphatic carbocycles. The van der Waals surface area contributed by atoms with Gasteiger partial charge in [0.05, 0.1) is 5.75 Å². The highest BCUT2D eigenvalue weighted by molar-refractivity contribution is 8.14. The van der Waals surface area contributed by atoms with Crippen molar-refractivity contribution in [3.63, 3.8) is 0 Å². The third-order valence-corrected chi connectivity index (χ3v) is 3.14. The van der Waals surface area contributed by atoms with Crippen LogP contribution in [0, 0.1) is 5.41 Å². The summed E-state index contributed by atoms with van der Waals surface area (Å²) in [4.78, 5) is 17.0. The molecule has 1 aliphatic rings. The number of nitrogens with two attached hydrogens (primary N) is 2. The molecule has 1 amide bonds. The van der Waals surface area contributed by atoms with E-state index in [1.165, 1.54) is 0 Å². The van der Waals surface area contributed by atoms with Crippen molar-refractivity contribution in [2.24, 2.45) is 16.5 Å². The van der Waals surface area contributed by atoms with Gasteiger partial charge >= 0.3 is 0 Å². The minimum atomic E-state index is -0.165. The van der Waals surface area contributed by atoms with Gasteiger partial charge in [-0.3, -0.25) is 10.2 Å². The van der Waals surface area contributed by atoms with Crippen LogP contribution in [0.25, 0.3) is 0 Å². The molecule has 0 bridgehead atoms. The number of carbonyl (C=O) groups excluding carboxylic acids is 1. The van der Waals surface area contributed by atoms with Crippen LogP contribution in [0.1, 0.15) is 19.3 Å². The number of allylic oxidation sites excluding steroid dienone is 2. The van der Waals surface area contributed by atoms with Gasteiger partial charge in [0.1, 0.15) is 0 Å². The van der Waals surface area contributed by atoms with Crippen LogP contribution in [-0.4, -0.2) is 34.7 Å². The number of nitrogens with one attached hydrogen (secondary N) is 1. The predicted octanol–water partition coefficient (Wildman–Crippen LogP) is 0.454. The zero-order valence-corrected chi connectivity index (χ0v) is 10.6. The third kappa shape index (κ3) is 4.48. The summed E-state index contributed by atoms with van der Waals surface area (Å²) in [6.45, 7) is 0. The van der Waals surface area contributed by atoms with Gasteiger partial charge in [0.25, 0.3) is 0 Å². The van der Waals surface area contributed by atoms with E-state index < -0.39 is 0 Å². The van der Waals surface area contributed by atoms with Crippen molar-refractivity contribution in [1.29, 1.82) is 5.41 Å². The highest BCUT2D eigenvalue weighted by atomic mass is 32.2. The van der Waals surface area contributed by atoms with Gasteiger partial charge in [-0.2, -0.15) is 4.99 Å². The van der Waals surface area contributed by atoms with Crippen molar-refractivity contribution in [2.75, 3.05) is 12.8 Å². The largest absolute Gasteiger partial charge is 0.370 e. The van der Waals surface area contributed by atoms with Gasteiger partial charge in [0, 0.05) is 12.7 Å². The molecule has 94 valence electrons. The zero-order valence-electron chi connectivity index (χ0n) is 9.77. The van der Waals surface area contributed by atoms with E-state index in [2.05, 4.69) is 11.1 Å². The van der Waals surface area contributed by atoms with Crippen LogP contribution in [0.15, 0.2) is 16.8 Å². The summed E-state index contributed by atoms with van der Waals surface area (Å²) in [5, 5.41) is 7.34. The van der Waals surface area contributed by atoms with Crippen molar-refractivity contribution < 1.29 is 4.79 Å². The van der Waals surface area contributed by atoms with Gasteiger partial charge in [-0.15, -0.1) is 0 Å². The monoisotopic (exact) mass is 255 g/mol. The molecule has 0 atom stereocenters. The third-order valence-electron chi connectivity index (χ3n) is 2.38. The molecule has 0 aromatic carbocycles. The summed E-state index contributed by atoms with van der Waals surface area (Å²) in [7, 11) is 1.75. The normalized spacial score (nSPS) is 14.1. The molecule has 0 fully saturated rings. The molecule has 0 radical (unpaired) electrons. The van der Waals surface area contributed by atoms with Crippen molar-refractivity contribution in [2.45, 2.75) is 19.3 Å². The molecule has 0 heterocycles. The number of rotatable bonds is 3. The molecule has 6 nitrogen and oxygen atoms in total. The average molecular weight is 255 g/mol. The fourth-order valence-electron chi connectivity index (χ4n) is 1.50. The molecule has 0 saturated heterocycles. The van der Waals surface area contributed by atoms with Crippen LogP contribution < -0.4 is 11.5 Å². The Morgan fingerprint density at radius 2 is 2.35 bits per heavy atom. The summed E-state index contributed by atoms with van der Waals surface area (Å²) in [6.07, 6.45) is 5.15. The standard InChI is InChI=1S/C10H17N5OS/c1-15(7-4-2-3-5-7)8(16)6-17-10(13)14-9(11)12/h4H,2-3,5-6H2,1H3,(H5,11,12,13,14). The summed E-state index contributed by atoms with van der Waals surface area (Å²) in [5.41, 5.74) is 11.3. The number of nitrogens with zero attached hydrogens (tertiary/aromatic N) is 2. The fourth-order valence-corrected chi connectivity index (χ4v) is 2.12. The second-order valence-corrected chi connectivity index (χ2v) is 4.63. The highest BCUT2D eigenvalue weighted by Crippen LogP contribution is 2.21. The molecule has 0 aliphatic heterocycles. The Morgan fingerprint density at radius 3 is 2.88 bits per heavy atom. The van der Waals surface area contributed by atoms with Gasteiger partial charge in [-0.1, -0.05) is 17.8 Å². The van der Waals surface area contributed by atoms with Crippen molar-refractivity contribution in [3.05, 3.63) is 11.8 Å². The lowest BCUT2D eigenvalue weighted by Crippen LogP contribution is -2.28. The first kappa shape index (κ1) is 13.6. The van der Waals surface area contributed by atoms with Crippen LogP contribution in [0.3, 0.4) is 0 Å². The summed E-state index contributed by atoms with van der Waals surface area (Å²) >= 11 is 1.02. The van der Waals surface area contributed by atoms with E-state index in [9.17, 15) is 4.79 Å². The van der Waals surface area contributed by atoms with Crippen LogP contribution in [0.4, 0.5) is 0 Å². The molecular formula is C10H17N5OS. The van der Waals surface area contributed by atoms with Crippen LogP contribution >= 0.6 is 11.8 Å². The molecule has 0 aromatic heterocycles. The number of aliphatic imine (C=N–C) groups is 1.